The highest BCUT2D eigenvalue weighted by atomic mass is 19.1. The summed E-state index contributed by atoms with van der Waals surface area (Å²) in [5, 5.41) is 0. The molecule has 83 valence electrons. The minimum Gasteiger partial charge on any atom is -0.207 e. The van der Waals surface area contributed by atoms with Crippen LogP contribution < -0.4 is 0 Å². The molecular weight excluding hydrogens is 187 g/mol. The van der Waals surface area contributed by atoms with Gasteiger partial charge in [-0.15, -0.1) is 0 Å². The van der Waals surface area contributed by atoms with Gasteiger partial charge < -0.3 is 0 Å². The SMILES string of the molecule is CC(C)(C)CC(C)(C)c1[c]cccc1F. The molecule has 15 heavy (non-hydrogen) atoms. The van der Waals surface area contributed by atoms with Crippen LogP contribution in [0.3, 0.4) is 0 Å². The number of halogens is 1. The van der Waals surface area contributed by atoms with Gasteiger partial charge in [-0.3, -0.25) is 0 Å². The molecule has 0 aliphatic rings. The zero-order valence-electron chi connectivity index (χ0n) is 10.3. The van der Waals surface area contributed by atoms with Crippen LogP contribution in [0.4, 0.5) is 4.39 Å². The van der Waals surface area contributed by atoms with Gasteiger partial charge >= 0.3 is 0 Å². The topological polar surface area (TPSA) is 0 Å². The van der Waals surface area contributed by atoms with Crippen LogP contribution in [0.1, 0.15) is 46.6 Å². The molecule has 0 saturated heterocycles. The maximum Gasteiger partial charge on any atom is 0.127 e. The predicted molar refractivity (Wildman–Crippen MR) is 62.3 cm³/mol. The number of hydrogen-bond acceptors (Lipinski definition) is 0. The average molecular weight is 207 g/mol. The Hall–Kier alpha value is -0.850. The Morgan fingerprint density at radius 2 is 1.80 bits per heavy atom. The Kier molecular flexibility index (Phi) is 3.22. The van der Waals surface area contributed by atoms with Gasteiger partial charge in [-0.1, -0.05) is 46.8 Å². The summed E-state index contributed by atoms with van der Waals surface area (Å²) in [5.41, 5.74) is 0.725. The minimum atomic E-state index is -0.163. The highest BCUT2D eigenvalue weighted by molar-refractivity contribution is 5.24. The third-order valence-electron chi connectivity index (χ3n) is 2.45. The second-order valence-electron chi connectivity index (χ2n) is 6.01. The van der Waals surface area contributed by atoms with Crippen molar-refractivity contribution in [2.45, 2.75) is 46.5 Å². The highest BCUT2D eigenvalue weighted by Crippen LogP contribution is 2.36. The van der Waals surface area contributed by atoms with Gasteiger partial charge in [0, 0.05) is 5.56 Å². The fraction of sp³-hybridized carbons (Fsp3) is 0.571. The number of hydrogen-bond donors (Lipinski definition) is 0. The molecular formula is C14H20F. The van der Waals surface area contributed by atoms with Gasteiger partial charge in [0.1, 0.15) is 5.82 Å². The van der Waals surface area contributed by atoms with E-state index in [-0.39, 0.29) is 16.6 Å². The fourth-order valence-electron chi connectivity index (χ4n) is 2.35. The summed E-state index contributed by atoms with van der Waals surface area (Å²) >= 11 is 0. The summed E-state index contributed by atoms with van der Waals surface area (Å²) in [5.74, 6) is -0.147. The largest absolute Gasteiger partial charge is 0.207 e. The molecule has 0 fully saturated rings. The lowest BCUT2D eigenvalue weighted by atomic mass is 9.72. The lowest BCUT2D eigenvalue weighted by Gasteiger charge is -2.32. The molecule has 0 aromatic heterocycles. The van der Waals surface area contributed by atoms with Crippen molar-refractivity contribution in [1.29, 1.82) is 0 Å². The van der Waals surface area contributed by atoms with E-state index in [1.165, 1.54) is 6.07 Å². The summed E-state index contributed by atoms with van der Waals surface area (Å²) in [6, 6.07) is 8.00. The van der Waals surface area contributed by atoms with Crippen LogP contribution in [0.15, 0.2) is 18.2 Å². The van der Waals surface area contributed by atoms with E-state index in [2.05, 4.69) is 40.7 Å². The second-order valence-corrected chi connectivity index (χ2v) is 6.01. The van der Waals surface area contributed by atoms with Crippen molar-refractivity contribution in [3.05, 3.63) is 35.6 Å². The van der Waals surface area contributed by atoms with Crippen molar-refractivity contribution >= 4 is 0 Å². The lowest BCUT2D eigenvalue weighted by Crippen LogP contribution is -2.26. The van der Waals surface area contributed by atoms with E-state index in [1.54, 1.807) is 12.1 Å². The number of rotatable bonds is 2. The molecule has 0 saturated carbocycles. The van der Waals surface area contributed by atoms with Crippen molar-refractivity contribution < 1.29 is 4.39 Å². The molecule has 0 amide bonds. The van der Waals surface area contributed by atoms with E-state index in [9.17, 15) is 4.39 Å². The lowest BCUT2D eigenvalue weighted by molar-refractivity contribution is 0.278. The van der Waals surface area contributed by atoms with E-state index in [0.717, 1.165) is 6.42 Å². The van der Waals surface area contributed by atoms with Crippen LogP contribution in [0, 0.1) is 17.3 Å². The van der Waals surface area contributed by atoms with E-state index in [0.29, 0.717) is 5.56 Å². The van der Waals surface area contributed by atoms with Crippen LogP contribution in [0.2, 0.25) is 0 Å². The van der Waals surface area contributed by atoms with E-state index in [1.807, 2.05) is 0 Å². The predicted octanol–water partition coefficient (Wildman–Crippen LogP) is 4.34. The molecule has 1 aromatic rings. The maximum absolute atomic E-state index is 13.6. The molecule has 0 aliphatic carbocycles. The third kappa shape index (κ3) is 3.33. The molecule has 0 N–H and O–H groups in total. The first kappa shape index (κ1) is 12.2. The molecule has 0 atom stereocenters. The number of benzene rings is 1. The summed E-state index contributed by atoms with van der Waals surface area (Å²) in [7, 11) is 0. The third-order valence-corrected chi connectivity index (χ3v) is 2.45. The summed E-state index contributed by atoms with van der Waals surface area (Å²) < 4.78 is 13.6. The van der Waals surface area contributed by atoms with Gasteiger partial charge in [-0.05, 0) is 29.4 Å². The molecule has 1 radical (unpaired) electrons. The Morgan fingerprint density at radius 1 is 1.20 bits per heavy atom. The smallest absolute Gasteiger partial charge is 0.127 e. The summed E-state index contributed by atoms with van der Waals surface area (Å²) in [4.78, 5) is 0. The molecule has 0 heterocycles. The summed E-state index contributed by atoms with van der Waals surface area (Å²) in [6.07, 6.45) is 0.942. The van der Waals surface area contributed by atoms with Crippen molar-refractivity contribution in [1.82, 2.24) is 0 Å². The standard InChI is InChI=1S/C14H20F/c1-13(2,3)10-14(4,5)11-8-6-7-9-12(11)15/h6-7,9H,10H2,1-5H3. The molecule has 0 bridgehead atoms. The highest BCUT2D eigenvalue weighted by Gasteiger charge is 2.29. The quantitative estimate of drug-likeness (QED) is 0.676. The Labute approximate surface area is 92.5 Å². The molecule has 0 nitrogen and oxygen atoms in total. The molecule has 1 aromatic carbocycles. The van der Waals surface area contributed by atoms with Crippen molar-refractivity contribution in [3.8, 4) is 0 Å². The van der Waals surface area contributed by atoms with Gasteiger partial charge in [-0.2, -0.15) is 0 Å². The van der Waals surface area contributed by atoms with Gasteiger partial charge in [0.25, 0.3) is 0 Å². The van der Waals surface area contributed by atoms with Crippen LogP contribution in [0.5, 0.6) is 0 Å². The Morgan fingerprint density at radius 3 is 2.27 bits per heavy atom. The average Bonchev–Trinajstić information content (AvgIpc) is 1.99. The van der Waals surface area contributed by atoms with Gasteiger partial charge in [0.2, 0.25) is 0 Å². The zero-order valence-corrected chi connectivity index (χ0v) is 10.3. The van der Waals surface area contributed by atoms with Gasteiger partial charge in [0.15, 0.2) is 0 Å². The van der Waals surface area contributed by atoms with Crippen LogP contribution in [-0.2, 0) is 5.41 Å². The summed E-state index contributed by atoms with van der Waals surface area (Å²) in [6.45, 7) is 10.7. The van der Waals surface area contributed by atoms with E-state index in [4.69, 9.17) is 0 Å². The first-order valence-electron chi connectivity index (χ1n) is 5.39. The molecule has 1 rings (SSSR count). The van der Waals surface area contributed by atoms with Crippen molar-refractivity contribution in [2.75, 3.05) is 0 Å². The minimum absolute atomic E-state index is 0.147. The Balaban J connectivity index is 3.01. The van der Waals surface area contributed by atoms with E-state index >= 15 is 0 Å². The molecule has 0 spiro atoms. The zero-order chi connectivity index (χ0) is 11.7. The van der Waals surface area contributed by atoms with E-state index < -0.39 is 0 Å². The van der Waals surface area contributed by atoms with Crippen LogP contribution in [-0.4, -0.2) is 0 Å². The van der Waals surface area contributed by atoms with Crippen LogP contribution >= 0.6 is 0 Å². The molecule has 0 aliphatic heterocycles. The molecule has 0 unspecified atom stereocenters. The first-order chi connectivity index (χ1) is 6.72. The van der Waals surface area contributed by atoms with Crippen molar-refractivity contribution in [3.63, 3.8) is 0 Å². The maximum atomic E-state index is 13.6. The molecule has 1 heteroatoms. The Bertz CT molecular complexity index is 331. The fourth-order valence-corrected chi connectivity index (χ4v) is 2.35. The second kappa shape index (κ2) is 3.96. The normalized spacial score (nSPS) is 12.9. The van der Waals surface area contributed by atoms with Gasteiger partial charge in [0.05, 0.1) is 0 Å². The van der Waals surface area contributed by atoms with Crippen LogP contribution in [0.25, 0.3) is 0 Å². The van der Waals surface area contributed by atoms with Gasteiger partial charge in [-0.25, -0.2) is 4.39 Å². The van der Waals surface area contributed by atoms with Crippen molar-refractivity contribution in [2.24, 2.45) is 5.41 Å². The monoisotopic (exact) mass is 207 g/mol. The first-order valence-corrected chi connectivity index (χ1v) is 5.39.